The Kier molecular flexibility index (Phi) is 17.6. The zero-order chi connectivity index (χ0) is 43.8. The third-order valence-electron chi connectivity index (χ3n) is 9.89. The summed E-state index contributed by atoms with van der Waals surface area (Å²) in [6, 6.07) is 15.3. The molecule has 0 atom stereocenters. The Morgan fingerprint density at radius 1 is 0.400 bits per heavy atom. The van der Waals surface area contributed by atoms with Gasteiger partial charge in [-0.25, -0.2) is 0 Å². The van der Waals surface area contributed by atoms with Gasteiger partial charge in [-0.2, -0.15) is 0 Å². The van der Waals surface area contributed by atoms with Gasteiger partial charge in [-0.3, -0.25) is 24.0 Å². The summed E-state index contributed by atoms with van der Waals surface area (Å²) in [6.45, 7) is -2.10. The van der Waals surface area contributed by atoms with Crippen molar-refractivity contribution in [2.75, 3.05) is 102 Å². The molecule has 0 unspecified atom stereocenters. The molecule has 1 aliphatic rings. The number of methoxy groups -OCH3 is 6. The maximum Gasteiger partial charge on any atom is 0.242 e. The van der Waals surface area contributed by atoms with Crippen LogP contribution in [0, 0.1) is 0 Å². The Morgan fingerprint density at radius 3 is 0.967 bits per heavy atom. The van der Waals surface area contributed by atoms with Gasteiger partial charge in [-0.1, -0.05) is 18.2 Å². The molecule has 0 radical (unpaired) electrons. The summed E-state index contributed by atoms with van der Waals surface area (Å²) in [6.07, 6.45) is 0.356. The smallest absolute Gasteiger partial charge is 0.242 e. The van der Waals surface area contributed by atoms with Gasteiger partial charge in [0.2, 0.25) is 29.5 Å². The minimum Gasteiger partial charge on any atom is -0.493 e. The summed E-state index contributed by atoms with van der Waals surface area (Å²) >= 11 is 0. The first-order valence-electron chi connectivity index (χ1n) is 19.3. The van der Waals surface area contributed by atoms with E-state index in [-0.39, 0.29) is 45.8 Å². The molecule has 1 saturated heterocycles. The van der Waals surface area contributed by atoms with Crippen LogP contribution in [0.3, 0.4) is 0 Å². The summed E-state index contributed by atoms with van der Waals surface area (Å²) in [4.78, 5) is 78.2. The van der Waals surface area contributed by atoms with Gasteiger partial charge in [0.25, 0.3) is 0 Å². The molecule has 326 valence electrons. The molecule has 0 spiro atoms. The number of amides is 5. The van der Waals surface area contributed by atoms with E-state index in [1.807, 2.05) is 0 Å². The summed E-state index contributed by atoms with van der Waals surface area (Å²) in [7, 11) is 8.95. The summed E-state index contributed by atoms with van der Waals surface area (Å²) < 4.78 is 32.7. The summed E-state index contributed by atoms with van der Waals surface area (Å²) in [5.74, 6) is -0.174. The number of ether oxygens (including phenoxy) is 6. The van der Waals surface area contributed by atoms with Crippen molar-refractivity contribution in [2.24, 2.45) is 11.5 Å². The van der Waals surface area contributed by atoms with E-state index in [0.717, 1.165) is 0 Å². The Labute approximate surface area is 350 Å². The lowest BCUT2D eigenvalue weighted by Gasteiger charge is -2.31. The molecule has 4 N–H and O–H groups in total. The van der Waals surface area contributed by atoms with Crippen molar-refractivity contribution < 1.29 is 52.4 Å². The summed E-state index contributed by atoms with van der Waals surface area (Å²) in [5, 5.41) is 0. The van der Waals surface area contributed by atoms with Crippen molar-refractivity contribution in [2.45, 2.75) is 26.1 Å². The van der Waals surface area contributed by atoms with Gasteiger partial charge in [-0.15, -0.1) is 0 Å². The SMILES string of the molecule is COc1ccc(CN2CC(=O)N(CCCN)CC(=O)N(Cc3ccc(OC)c(OC)c3)CC(=O)N(Cc3ccc(OC)c(OC)c3)CC(=O)N(CCN)CC2=O)cc1OC. The number of carbonyl (C=O) groups is 5. The van der Waals surface area contributed by atoms with E-state index in [0.29, 0.717) is 57.6 Å². The fraction of sp³-hybridized carbons (Fsp3) is 0.452. The maximum atomic E-state index is 14.5. The van der Waals surface area contributed by atoms with Crippen LogP contribution in [0.2, 0.25) is 0 Å². The fourth-order valence-corrected chi connectivity index (χ4v) is 6.63. The highest BCUT2D eigenvalue weighted by Crippen LogP contribution is 2.30. The Balaban J connectivity index is 1.83. The molecule has 0 aliphatic carbocycles. The number of hydrogen-bond acceptors (Lipinski definition) is 13. The Morgan fingerprint density at radius 2 is 0.683 bits per heavy atom. The first-order valence-corrected chi connectivity index (χ1v) is 19.3. The minimum absolute atomic E-state index is 0.0116. The molecule has 18 heteroatoms. The molecular weight excluding hydrogens is 778 g/mol. The predicted molar refractivity (Wildman–Crippen MR) is 221 cm³/mol. The predicted octanol–water partition coefficient (Wildman–Crippen LogP) is 1.10. The lowest BCUT2D eigenvalue weighted by atomic mass is 10.1. The highest BCUT2D eigenvalue weighted by atomic mass is 16.5. The number of carbonyl (C=O) groups excluding carboxylic acids is 5. The minimum atomic E-state index is -0.573. The zero-order valence-corrected chi connectivity index (χ0v) is 35.3. The van der Waals surface area contributed by atoms with Crippen molar-refractivity contribution >= 4 is 29.5 Å². The lowest BCUT2D eigenvalue weighted by Crippen LogP contribution is -2.50. The monoisotopic (exact) mass is 835 g/mol. The van der Waals surface area contributed by atoms with Gasteiger partial charge in [0.05, 0.1) is 55.7 Å². The number of hydrogen-bond donors (Lipinski definition) is 2. The molecule has 5 amide bonds. The van der Waals surface area contributed by atoms with Crippen LogP contribution in [-0.4, -0.2) is 156 Å². The number of benzene rings is 3. The first kappa shape index (κ1) is 46.4. The van der Waals surface area contributed by atoms with E-state index >= 15 is 0 Å². The second kappa shape index (κ2) is 22.8. The van der Waals surface area contributed by atoms with E-state index in [2.05, 4.69) is 0 Å². The topological polar surface area (TPSA) is 209 Å². The molecule has 1 fully saturated rings. The van der Waals surface area contributed by atoms with Crippen molar-refractivity contribution in [3.8, 4) is 34.5 Å². The van der Waals surface area contributed by atoms with Crippen molar-refractivity contribution in [3.05, 3.63) is 71.3 Å². The number of nitrogens with zero attached hydrogens (tertiary/aromatic N) is 5. The average molecular weight is 836 g/mol. The second-order valence-electron chi connectivity index (χ2n) is 13.9. The van der Waals surface area contributed by atoms with E-state index in [1.54, 1.807) is 54.6 Å². The van der Waals surface area contributed by atoms with Crippen molar-refractivity contribution in [1.29, 1.82) is 0 Å². The highest BCUT2D eigenvalue weighted by molar-refractivity contribution is 5.93. The van der Waals surface area contributed by atoms with Gasteiger partial charge < -0.3 is 64.4 Å². The van der Waals surface area contributed by atoms with Crippen molar-refractivity contribution in [3.63, 3.8) is 0 Å². The normalized spacial score (nSPS) is 14.9. The first-order chi connectivity index (χ1) is 28.9. The van der Waals surface area contributed by atoms with Crippen LogP contribution < -0.4 is 39.9 Å². The van der Waals surface area contributed by atoms with Gasteiger partial charge in [0, 0.05) is 39.3 Å². The van der Waals surface area contributed by atoms with Crippen LogP contribution in [0.25, 0.3) is 0 Å². The quantitative estimate of drug-likeness (QED) is 0.196. The van der Waals surface area contributed by atoms with E-state index < -0.39 is 62.3 Å². The van der Waals surface area contributed by atoms with Crippen LogP contribution in [0.1, 0.15) is 23.1 Å². The standard InChI is InChI=1S/C42H57N7O11/c1-55-32-11-8-29(18-35(32)58-4)21-47-26-38(50)45(16-7-14-43)24-40(52)49(23-31-10-13-34(57-3)37(20-31)60-6)28-42(54)48(27-39(51)46(17-15-44)25-41(47)53)22-30-9-12-33(56-2)36(19-30)59-5/h8-13,18-20H,7,14-17,21-28,43-44H2,1-6H3. The molecule has 0 aromatic heterocycles. The molecule has 4 rings (SSSR count). The molecule has 3 aromatic carbocycles. The van der Waals surface area contributed by atoms with Crippen LogP contribution in [0.15, 0.2) is 54.6 Å². The molecule has 18 nitrogen and oxygen atoms in total. The van der Waals surface area contributed by atoms with E-state index in [1.165, 1.54) is 67.2 Å². The fourth-order valence-electron chi connectivity index (χ4n) is 6.63. The largest absolute Gasteiger partial charge is 0.493 e. The summed E-state index contributed by atoms with van der Waals surface area (Å²) in [5.41, 5.74) is 13.7. The number of rotatable bonds is 17. The van der Waals surface area contributed by atoms with Crippen LogP contribution >= 0.6 is 0 Å². The molecule has 0 saturated carbocycles. The van der Waals surface area contributed by atoms with E-state index in [4.69, 9.17) is 39.9 Å². The third-order valence-corrected chi connectivity index (χ3v) is 9.89. The van der Waals surface area contributed by atoms with Gasteiger partial charge in [0.1, 0.15) is 19.6 Å². The lowest BCUT2D eigenvalue weighted by molar-refractivity contribution is -0.146. The molecule has 60 heavy (non-hydrogen) atoms. The molecule has 1 aliphatic heterocycles. The average Bonchev–Trinajstić information content (AvgIpc) is 3.26. The molecule has 1 heterocycles. The second-order valence-corrected chi connectivity index (χ2v) is 13.9. The molecule has 0 bridgehead atoms. The van der Waals surface area contributed by atoms with Gasteiger partial charge in [-0.05, 0) is 66.1 Å². The third kappa shape index (κ3) is 12.4. The molecule has 3 aromatic rings. The van der Waals surface area contributed by atoms with Crippen LogP contribution in [-0.2, 0) is 43.6 Å². The Bertz CT molecular complexity index is 1960. The highest BCUT2D eigenvalue weighted by Gasteiger charge is 2.31. The van der Waals surface area contributed by atoms with Crippen molar-refractivity contribution in [1.82, 2.24) is 24.5 Å². The Hall–Kier alpha value is -6.27. The number of nitrogens with two attached hydrogens (primary N) is 2. The molecular formula is C42H57N7O11. The van der Waals surface area contributed by atoms with E-state index in [9.17, 15) is 24.0 Å². The van der Waals surface area contributed by atoms with Crippen LogP contribution in [0.4, 0.5) is 0 Å². The zero-order valence-electron chi connectivity index (χ0n) is 35.3. The van der Waals surface area contributed by atoms with Gasteiger partial charge >= 0.3 is 0 Å². The maximum absolute atomic E-state index is 14.5. The van der Waals surface area contributed by atoms with Gasteiger partial charge in [0.15, 0.2) is 34.5 Å². The van der Waals surface area contributed by atoms with Crippen LogP contribution in [0.5, 0.6) is 34.5 Å².